The summed E-state index contributed by atoms with van der Waals surface area (Å²) in [6.07, 6.45) is 1.53. The van der Waals surface area contributed by atoms with Crippen LogP contribution in [-0.4, -0.2) is 22.5 Å². The van der Waals surface area contributed by atoms with Gasteiger partial charge in [0.2, 0.25) is 12.7 Å². The molecular formula is C19H17N3O5. The van der Waals surface area contributed by atoms with Crippen LogP contribution in [-0.2, 0) is 11.3 Å². The minimum absolute atomic E-state index is 0.179. The van der Waals surface area contributed by atoms with Crippen molar-refractivity contribution in [1.29, 1.82) is 0 Å². The summed E-state index contributed by atoms with van der Waals surface area (Å²) in [6.45, 7) is 2.04. The van der Waals surface area contributed by atoms with E-state index >= 15 is 0 Å². The number of nitrogens with one attached hydrogen (secondary N) is 1. The Balaban J connectivity index is 1.56. The second-order valence-corrected chi connectivity index (χ2v) is 6.04. The molecule has 1 aliphatic heterocycles. The highest BCUT2D eigenvalue weighted by atomic mass is 16.7. The average Bonchev–Trinajstić information content (AvgIpc) is 3.37. The number of hydrogen-bond acceptors (Lipinski definition) is 6. The van der Waals surface area contributed by atoms with E-state index in [0.29, 0.717) is 23.0 Å². The predicted molar refractivity (Wildman–Crippen MR) is 95.3 cm³/mol. The molecule has 1 aliphatic rings. The van der Waals surface area contributed by atoms with E-state index in [-0.39, 0.29) is 24.8 Å². The number of aromatic nitrogens is 2. The molecule has 0 spiro atoms. The highest BCUT2D eigenvalue weighted by molar-refractivity contribution is 5.79. The van der Waals surface area contributed by atoms with Crippen molar-refractivity contribution in [2.75, 3.05) is 6.79 Å². The van der Waals surface area contributed by atoms with Gasteiger partial charge in [-0.1, -0.05) is 0 Å². The third-order valence-electron chi connectivity index (χ3n) is 4.26. The Morgan fingerprint density at radius 3 is 2.89 bits per heavy atom. The van der Waals surface area contributed by atoms with Crippen molar-refractivity contribution in [1.82, 2.24) is 15.1 Å². The maximum Gasteiger partial charge on any atom is 0.267 e. The van der Waals surface area contributed by atoms with Gasteiger partial charge in [-0.3, -0.25) is 9.59 Å². The Hall–Kier alpha value is -3.55. The van der Waals surface area contributed by atoms with E-state index in [9.17, 15) is 9.59 Å². The lowest BCUT2D eigenvalue weighted by atomic mass is 10.1. The molecule has 0 saturated heterocycles. The number of carbonyl (C=O) groups is 1. The maximum absolute atomic E-state index is 12.4. The molecule has 3 heterocycles. The predicted octanol–water partition coefficient (Wildman–Crippen LogP) is 2.11. The molecule has 8 heteroatoms. The first-order chi connectivity index (χ1) is 13.1. The zero-order valence-corrected chi connectivity index (χ0v) is 14.5. The summed E-state index contributed by atoms with van der Waals surface area (Å²) in [6, 6.07) is 11.1. The van der Waals surface area contributed by atoms with Crippen LogP contribution in [0.2, 0.25) is 0 Å². The molecule has 1 unspecified atom stereocenters. The van der Waals surface area contributed by atoms with Crippen molar-refractivity contribution in [2.45, 2.75) is 19.5 Å². The summed E-state index contributed by atoms with van der Waals surface area (Å²) in [5.74, 6) is 1.59. The molecule has 2 aromatic heterocycles. The van der Waals surface area contributed by atoms with Gasteiger partial charge in [0.15, 0.2) is 11.5 Å². The van der Waals surface area contributed by atoms with Gasteiger partial charge in [0.05, 0.1) is 18.5 Å². The Morgan fingerprint density at radius 1 is 1.22 bits per heavy atom. The molecule has 0 aliphatic carbocycles. The molecule has 4 rings (SSSR count). The van der Waals surface area contributed by atoms with Gasteiger partial charge in [-0.2, -0.15) is 5.10 Å². The average molecular weight is 367 g/mol. The largest absolute Gasteiger partial charge is 0.467 e. The standard InChI is InChI=1S/C19H17N3O5/c1-12(19(24)20-10-14-3-2-8-25-14)22-18(23)7-5-15(21-22)13-4-6-16-17(9-13)27-11-26-16/h2-9,12H,10-11H2,1H3,(H,20,24). The SMILES string of the molecule is CC(C(=O)NCc1ccco1)n1nc(-c2ccc3c(c2)OCO3)ccc1=O. The van der Waals surface area contributed by atoms with Crippen LogP contribution in [0.25, 0.3) is 11.3 Å². The van der Waals surface area contributed by atoms with Crippen molar-refractivity contribution in [3.63, 3.8) is 0 Å². The van der Waals surface area contributed by atoms with Gasteiger partial charge in [-0.05, 0) is 43.3 Å². The first-order valence-electron chi connectivity index (χ1n) is 8.42. The normalized spacial score (nSPS) is 13.4. The summed E-state index contributed by atoms with van der Waals surface area (Å²) in [7, 11) is 0. The second-order valence-electron chi connectivity index (χ2n) is 6.04. The van der Waals surface area contributed by atoms with Crippen LogP contribution in [0.4, 0.5) is 0 Å². The van der Waals surface area contributed by atoms with E-state index in [1.165, 1.54) is 12.3 Å². The van der Waals surface area contributed by atoms with Gasteiger partial charge in [0, 0.05) is 11.6 Å². The monoisotopic (exact) mass is 367 g/mol. The molecule has 3 aromatic rings. The summed E-state index contributed by atoms with van der Waals surface area (Å²) < 4.78 is 17.0. The summed E-state index contributed by atoms with van der Waals surface area (Å²) in [5, 5.41) is 7.09. The molecule has 0 fully saturated rings. The lowest BCUT2D eigenvalue weighted by Gasteiger charge is -2.14. The van der Waals surface area contributed by atoms with E-state index in [1.807, 2.05) is 6.07 Å². The van der Waals surface area contributed by atoms with E-state index in [0.717, 1.165) is 10.2 Å². The van der Waals surface area contributed by atoms with Crippen LogP contribution in [0, 0.1) is 0 Å². The Bertz CT molecular complexity index is 1030. The molecule has 27 heavy (non-hydrogen) atoms. The Kier molecular flexibility index (Phi) is 4.37. The molecule has 0 saturated carbocycles. The highest BCUT2D eigenvalue weighted by Gasteiger charge is 2.19. The minimum Gasteiger partial charge on any atom is -0.467 e. The zero-order chi connectivity index (χ0) is 18.8. The van der Waals surface area contributed by atoms with Crippen molar-refractivity contribution >= 4 is 5.91 Å². The summed E-state index contributed by atoms with van der Waals surface area (Å²) in [4.78, 5) is 24.6. The van der Waals surface area contributed by atoms with Crippen LogP contribution in [0.5, 0.6) is 11.5 Å². The van der Waals surface area contributed by atoms with Crippen LogP contribution in [0.3, 0.4) is 0 Å². The number of rotatable bonds is 5. The van der Waals surface area contributed by atoms with Crippen molar-refractivity contribution < 1.29 is 18.7 Å². The van der Waals surface area contributed by atoms with Gasteiger partial charge < -0.3 is 19.2 Å². The quantitative estimate of drug-likeness (QED) is 0.742. The number of amides is 1. The number of carbonyl (C=O) groups excluding carboxylic acids is 1. The number of benzene rings is 1. The first kappa shape index (κ1) is 16.9. The lowest BCUT2D eigenvalue weighted by molar-refractivity contribution is -0.124. The lowest BCUT2D eigenvalue weighted by Crippen LogP contribution is -2.36. The van der Waals surface area contributed by atoms with Gasteiger partial charge >= 0.3 is 0 Å². The van der Waals surface area contributed by atoms with Crippen molar-refractivity contribution in [2.24, 2.45) is 0 Å². The third-order valence-corrected chi connectivity index (χ3v) is 4.26. The van der Waals surface area contributed by atoms with Crippen LogP contribution < -0.4 is 20.3 Å². The Labute approximate surface area is 154 Å². The molecule has 1 N–H and O–H groups in total. The number of fused-ring (bicyclic) bond motifs is 1. The highest BCUT2D eigenvalue weighted by Crippen LogP contribution is 2.35. The van der Waals surface area contributed by atoms with E-state index in [1.54, 1.807) is 37.3 Å². The molecule has 1 atom stereocenters. The molecular weight excluding hydrogens is 350 g/mol. The molecule has 0 bridgehead atoms. The first-order valence-corrected chi connectivity index (χ1v) is 8.42. The van der Waals surface area contributed by atoms with Gasteiger partial charge in [0.1, 0.15) is 11.8 Å². The van der Waals surface area contributed by atoms with Gasteiger partial charge in [0.25, 0.3) is 5.56 Å². The van der Waals surface area contributed by atoms with E-state index in [4.69, 9.17) is 13.9 Å². The summed E-state index contributed by atoms with van der Waals surface area (Å²) in [5.41, 5.74) is 0.954. The molecule has 0 radical (unpaired) electrons. The Morgan fingerprint density at radius 2 is 2.07 bits per heavy atom. The van der Waals surface area contributed by atoms with E-state index < -0.39 is 6.04 Å². The van der Waals surface area contributed by atoms with Gasteiger partial charge in [-0.25, -0.2) is 4.68 Å². The fraction of sp³-hybridized carbons (Fsp3) is 0.211. The number of nitrogens with zero attached hydrogens (tertiary/aromatic N) is 2. The smallest absolute Gasteiger partial charge is 0.267 e. The number of ether oxygens (including phenoxy) is 2. The third kappa shape index (κ3) is 3.41. The fourth-order valence-electron chi connectivity index (χ4n) is 2.76. The minimum atomic E-state index is -0.776. The molecule has 138 valence electrons. The zero-order valence-electron chi connectivity index (χ0n) is 14.5. The maximum atomic E-state index is 12.4. The summed E-state index contributed by atoms with van der Waals surface area (Å²) >= 11 is 0. The van der Waals surface area contributed by atoms with Gasteiger partial charge in [-0.15, -0.1) is 0 Å². The number of hydrogen-bond donors (Lipinski definition) is 1. The molecule has 8 nitrogen and oxygen atoms in total. The van der Waals surface area contributed by atoms with E-state index in [2.05, 4.69) is 10.4 Å². The van der Waals surface area contributed by atoms with Crippen LogP contribution in [0.1, 0.15) is 18.7 Å². The molecule has 1 amide bonds. The topological polar surface area (TPSA) is 95.6 Å². The van der Waals surface area contributed by atoms with Crippen molar-refractivity contribution in [3.05, 3.63) is 64.8 Å². The van der Waals surface area contributed by atoms with Crippen molar-refractivity contribution in [3.8, 4) is 22.8 Å². The fourth-order valence-corrected chi connectivity index (χ4v) is 2.76. The molecule has 1 aromatic carbocycles. The van der Waals surface area contributed by atoms with Crippen LogP contribution in [0.15, 0.2) is 57.9 Å². The number of furan rings is 1. The van der Waals surface area contributed by atoms with Crippen LogP contribution >= 0.6 is 0 Å². The second kappa shape index (κ2) is 6.99.